The normalized spacial score (nSPS) is 21.7. The van der Waals surface area contributed by atoms with Crippen LogP contribution >= 0.6 is 11.6 Å². The molecular weight excluding hydrogens is 428 g/mol. The number of fused-ring (bicyclic) bond motifs is 3. The van der Waals surface area contributed by atoms with Crippen LogP contribution in [-0.4, -0.2) is 45.9 Å². The molecule has 1 saturated carbocycles. The Bertz CT molecular complexity index is 1200. The number of pyridine rings is 2. The molecule has 2 aromatic heterocycles. The van der Waals surface area contributed by atoms with Crippen LogP contribution in [0, 0.1) is 5.92 Å². The maximum atomic E-state index is 13.4. The number of anilines is 1. The number of methoxy groups -OCH3 is 1. The molecule has 1 aliphatic heterocycles. The van der Waals surface area contributed by atoms with Gasteiger partial charge < -0.3 is 15.0 Å². The molecule has 164 valence electrons. The molecule has 0 radical (unpaired) electrons. The molecule has 1 N–H and O–H groups in total. The van der Waals surface area contributed by atoms with Gasteiger partial charge in [-0.2, -0.15) is 0 Å². The predicted octanol–water partition coefficient (Wildman–Crippen LogP) is 3.85. The third kappa shape index (κ3) is 3.77. The van der Waals surface area contributed by atoms with Gasteiger partial charge in [0.1, 0.15) is 17.0 Å². The average molecular weight is 451 g/mol. The van der Waals surface area contributed by atoms with E-state index in [9.17, 15) is 9.59 Å². The highest BCUT2D eigenvalue weighted by Crippen LogP contribution is 2.43. The number of carbonyl (C=O) groups excluding carboxylic acids is 2. The van der Waals surface area contributed by atoms with Gasteiger partial charge >= 0.3 is 0 Å². The topological polar surface area (TPSA) is 84.4 Å². The van der Waals surface area contributed by atoms with E-state index in [1.54, 1.807) is 30.2 Å². The largest absolute Gasteiger partial charge is 0.481 e. The first-order valence-electron chi connectivity index (χ1n) is 10.7. The van der Waals surface area contributed by atoms with Gasteiger partial charge in [0.25, 0.3) is 0 Å². The summed E-state index contributed by atoms with van der Waals surface area (Å²) in [5.74, 6) is 0.724. The number of hydrogen-bond donors (Lipinski definition) is 1. The van der Waals surface area contributed by atoms with Gasteiger partial charge in [-0.1, -0.05) is 35.9 Å². The van der Waals surface area contributed by atoms with Crippen molar-refractivity contribution in [3.63, 3.8) is 0 Å². The number of likely N-dealkylation sites (tertiary alicyclic amines) is 1. The minimum absolute atomic E-state index is 0.0814. The highest BCUT2D eigenvalue weighted by Gasteiger charge is 2.51. The van der Waals surface area contributed by atoms with E-state index in [1.807, 2.05) is 30.3 Å². The van der Waals surface area contributed by atoms with Crippen LogP contribution in [0.2, 0.25) is 5.15 Å². The van der Waals surface area contributed by atoms with Crippen molar-refractivity contribution >= 4 is 40.0 Å². The third-order valence-electron chi connectivity index (χ3n) is 6.39. The number of nitrogens with zero attached hydrogens (tertiary/aromatic N) is 3. The summed E-state index contributed by atoms with van der Waals surface area (Å²) in [6.45, 7) is 0. The highest BCUT2D eigenvalue weighted by molar-refractivity contribution is 6.29. The number of ether oxygens (including phenoxy) is 1. The standard InChI is InChI=1S/C24H23ClN4O3/c1-32-24-18-6-3-2-5-14(18)11-16(26-24)13-21(30)29-17-10-9-15(12-17)22(29)23(31)28-20-8-4-7-19(25)27-20/h2-8,11,15,17,22H,9-10,12-13H2,1H3,(H,27,28,31)/t15-,17+,22-/m0/s1. The van der Waals surface area contributed by atoms with Gasteiger partial charge in [0.15, 0.2) is 0 Å². The maximum absolute atomic E-state index is 13.4. The van der Waals surface area contributed by atoms with Gasteiger partial charge in [-0.15, -0.1) is 0 Å². The van der Waals surface area contributed by atoms with Crippen LogP contribution < -0.4 is 10.1 Å². The zero-order chi connectivity index (χ0) is 22.2. The molecule has 2 amide bonds. The Kier molecular flexibility index (Phi) is 5.43. The average Bonchev–Trinajstić information content (AvgIpc) is 3.40. The minimum Gasteiger partial charge on any atom is -0.481 e. The van der Waals surface area contributed by atoms with Crippen molar-refractivity contribution < 1.29 is 14.3 Å². The number of amides is 2. The Morgan fingerprint density at radius 2 is 2.00 bits per heavy atom. The van der Waals surface area contributed by atoms with Crippen molar-refractivity contribution in [2.75, 3.05) is 12.4 Å². The quantitative estimate of drug-likeness (QED) is 0.597. The molecule has 1 saturated heterocycles. The fourth-order valence-electron chi connectivity index (χ4n) is 5.07. The Balaban J connectivity index is 1.38. The number of hydrogen-bond acceptors (Lipinski definition) is 5. The lowest BCUT2D eigenvalue weighted by atomic mass is 9.97. The zero-order valence-corrected chi connectivity index (χ0v) is 18.4. The van der Waals surface area contributed by atoms with E-state index >= 15 is 0 Å². The second kappa shape index (κ2) is 8.39. The number of nitrogens with one attached hydrogen (secondary N) is 1. The number of rotatable bonds is 5. The lowest BCUT2D eigenvalue weighted by Crippen LogP contribution is -2.51. The summed E-state index contributed by atoms with van der Waals surface area (Å²) in [7, 11) is 1.57. The molecule has 3 aromatic rings. The molecule has 3 atom stereocenters. The first-order valence-corrected chi connectivity index (χ1v) is 11.1. The predicted molar refractivity (Wildman–Crippen MR) is 122 cm³/mol. The Labute approximate surface area is 190 Å². The fourth-order valence-corrected chi connectivity index (χ4v) is 5.24. The van der Waals surface area contributed by atoms with Gasteiger partial charge in [-0.25, -0.2) is 9.97 Å². The van der Waals surface area contributed by atoms with Crippen molar-refractivity contribution in [1.82, 2.24) is 14.9 Å². The molecule has 0 unspecified atom stereocenters. The molecular formula is C24H23ClN4O3. The van der Waals surface area contributed by atoms with E-state index in [0.717, 1.165) is 30.0 Å². The Morgan fingerprint density at radius 1 is 1.16 bits per heavy atom. The smallest absolute Gasteiger partial charge is 0.248 e. The van der Waals surface area contributed by atoms with Crippen molar-refractivity contribution in [2.45, 2.75) is 37.8 Å². The van der Waals surface area contributed by atoms with Gasteiger partial charge in [-0.3, -0.25) is 9.59 Å². The van der Waals surface area contributed by atoms with Crippen LogP contribution in [0.1, 0.15) is 25.0 Å². The summed E-state index contributed by atoms with van der Waals surface area (Å²) < 4.78 is 5.44. The van der Waals surface area contributed by atoms with E-state index in [-0.39, 0.29) is 30.2 Å². The molecule has 0 spiro atoms. The Hall–Kier alpha value is -3.19. The van der Waals surface area contributed by atoms with Gasteiger partial charge in [0.2, 0.25) is 17.7 Å². The molecule has 1 aromatic carbocycles. The van der Waals surface area contributed by atoms with E-state index in [1.165, 1.54) is 0 Å². The second-order valence-corrected chi connectivity index (χ2v) is 8.72. The van der Waals surface area contributed by atoms with Crippen LogP contribution in [0.25, 0.3) is 10.8 Å². The van der Waals surface area contributed by atoms with Gasteiger partial charge in [0, 0.05) is 11.4 Å². The molecule has 3 heterocycles. The van der Waals surface area contributed by atoms with E-state index in [2.05, 4.69) is 15.3 Å². The van der Waals surface area contributed by atoms with Crippen molar-refractivity contribution in [3.8, 4) is 5.88 Å². The summed E-state index contributed by atoms with van der Waals surface area (Å²) in [4.78, 5) is 37.0. The number of piperidine rings is 1. The molecule has 32 heavy (non-hydrogen) atoms. The third-order valence-corrected chi connectivity index (χ3v) is 6.60. The first-order chi connectivity index (χ1) is 15.5. The molecule has 2 fully saturated rings. The molecule has 2 bridgehead atoms. The van der Waals surface area contributed by atoms with Crippen LogP contribution in [-0.2, 0) is 16.0 Å². The van der Waals surface area contributed by atoms with Crippen molar-refractivity contribution in [3.05, 3.63) is 59.4 Å². The van der Waals surface area contributed by atoms with Gasteiger partial charge in [-0.05, 0) is 54.8 Å². The van der Waals surface area contributed by atoms with Crippen LogP contribution in [0.5, 0.6) is 5.88 Å². The molecule has 2 aliphatic rings. The summed E-state index contributed by atoms with van der Waals surface area (Å²) in [5, 5.41) is 5.01. The van der Waals surface area contributed by atoms with E-state index in [4.69, 9.17) is 16.3 Å². The SMILES string of the molecule is COc1nc(CC(=O)N2[C@@H]3CC[C@@H](C3)[C@H]2C(=O)Nc2cccc(Cl)n2)cc2ccccc12. The summed E-state index contributed by atoms with van der Waals surface area (Å²) in [5.41, 5.74) is 0.629. The number of aromatic nitrogens is 2. The molecule has 1 aliphatic carbocycles. The summed E-state index contributed by atoms with van der Waals surface area (Å²) >= 11 is 5.94. The lowest BCUT2D eigenvalue weighted by Gasteiger charge is -2.34. The molecule has 8 heteroatoms. The van der Waals surface area contributed by atoms with Crippen LogP contribution in [0.3, 0.4) is 0 Å². The second-order valence-electron chi connectivity index (χ2n) is 8.33. The Morgan fingerprint density at radius 3 is 2.81 bits per heavy atom. The minimum atomic E-state index is -0.510. The molecule has 7 nitrogen and oxygen atoms in total. The van der Waals surface area contributed by atoms with Crippen LogP contribution in [0.4, 0.5) is 5.82 Å². The molecule has 5 rings (SSSR count). The summed E-state index contributed by atoms with van der Waals surface area (Å²) in [6, 6.07) is 14.3. The fraction of sp³-hybridized carbons (Fsp3) is 0.333. The van der Waals surface area contributed by atoms with E-state index < -0.39 is 6.04 Å². The first kappa shape index (κ1) is 20.7. The highest BCUT2D eigenvalue weighted by atomic mass is 35.5. The van der Waals surface area contributed by atoms with Crippen molar-refractivity contribution in [1.29, 1.82) is 0 Å². The van der Waals surface area contributed by atoms with Gasteiger partial charge in [0.05, 0.1) is 19.2 Å². The number of halogens is 1. The number of carbonyl (C=O) groups is 2. The lowest BCUT2D eigenvalue weighted by molar-refractivity contribution is -0.140. The number of benzene rings is 1. The maximum Gasteiger partial charge on any atom is 0.248 e. The zero-order valence-electron chi connectivity index (χ0n) is 17.6. The summed E-state index contributed by atoms with van der Waals surface area (Å²) in [6.07, 6.45) is 2.83. The van der Waals surface area contributed by atoms with Crippen LogP contribution in [0.15, 0.2) is 48.5 Å². The van der Waals surface area contributed by atoms with Crippen molar-refractivity contribution in [2.24, 2.45) is 5.92 Å². The monoisotopic (exact) mass is 450 g/mol. The van der Waals surface area contributed by atoms with E-state index in [0.29, 0.717) is 22.5 Å².